The van der Waals surface area contributed by atoms with E-state index in [-0.39, 0.29) is 17.1 Å². The van der Waals surface area contributed by atoms with Crippen molar-refractivity contribution in [2.45, 2.75) is 31.2 Å². The van der Waals surface area contributed by atoms with E-state index in [0.717, 1.165) is 21.6 Å². The third kappa shape index (κ3) is 4.69. The molecule has 4 rings (SSSR count). The number of rotatable bonds is 7. The number of hydrogen-bond acceptors (Lipinski definition) is 5. The van der Waals surface area contributed by atoms with Gasteiger partial charge in [-0.3, -0.25) is 4.72 Å². The van der Waals surface area contributed by atoms with E-state index in [9.17, 15) is 21.2 Å². The van der Waals surface area contributed by atoms with Gasteiger partial charge < -0.3 is 0 Å². The number of hydrazone groups is 1. The van der Waals surface area contributed by atoms with Crippen LogP contribution in [-0.2, 0) is 20.0 Å². The van der Waals surface area contributed by atoms with Gasteiger partial charge in [-0.15, -0.1) is 0 Å². The first-order valence-electron chi connectivity index (χ1n) is 10.7. The van der Waals surface area contributed by atoms with Crippen molar-refractivity contribution >= 4 is 31.4 Å². The van der Waals surface area contributed by atoms with Gasteiger partial charge in [0, 0.05) is 12.0 Å². The third-order valence-corrected chi connectivity index (χ3v) is 8.61. The first-order chi connectivity index (χ1) is 16.1. The summed E-state index contributed by atoms with van der Waals surface area (Å²) in [5.74, 6) is -0.782. The Balaban J connectivity index is 1.85. The van der Waals surface area contributed by atoms with Gasteiger partial charge >= 0.3 is 0 Å². The Morgan fingerprint density at radius 1 is 1.00 bits per heavy atom. The van der Waals surface area contributed by atoms with Crippen molar-refractivity contribution in [3.05, 3.63) is 95.3 Å². The normalized spacial score (nSPS) is 16.4. The number of anilines is 1. The minimum absolute atomic E-state index is 0.111. The largest absolute Gasteiger partial charge is 0.283 e. The molecular formula is C24H24FN3O4S2. The Morgan fingerprint density at radius 3 is 2.41 bits per heavy atom. The maximum absolute atomic E-state index is 13.9. The van der Waals surface area contributed by atoms with Crippen molar-refractivity contribution in [3.8, 4) is 0 Å². The Morgan fingerprint density at radius 2 is 1.71 bits per heavy atom. The highest BCUT2D eigenvalue weighted by atomic mass is 32.2. The molecule has 3 aromatic rings. The predicted molar refractivity (Wildman–Crippen MR) is 130 cm³/mol. The average Bonchev–Trinajstić information content (AvgIpc) is 3.25. The lowest BCUT2D eigenvalue weighted by atomic mass is 9.95. The summed E-state index contributed by atoms with van der Waals surface area (Å²) >= 11 is 0. The van der Waals surface area contributed by atoms with Gasteiger partial charge in [0.25, 0.3) is 10.0 Å². The number of para-hydroxylation sites is 1. The SMILES string of the molecule is CCS(=O)(=O)Nc1ccccc1C1=NN(S(=O)(=O)c2cccc(F)c2)C(c2ccccc2C)C1. The van der Waals surface area contributed by atoms with Gasteiger partial charge in [0.15, 0.2) is 0 Å². The predicted octanol–water partition coefficient (Wildman–Crippen LogP) is 4.44. The molecule has 1 atom stereocenters. The molecule has 10 heteroatoms. The first kappa shape index (κ1) is 23.9. The van der Waals surface area contributed by atoms with Crippen LogP contribution in [0.4, 0.5) is 10.1 Å². The Hall–Kier alpha value is -3.24. The lowest BCUT2D eigenvalue weighted by Crippen LogP contribution is -2.27. The molecule has 1 unspecified atom stereocenters. The highest BCUT2D eigenvalue weighted by Gasteiger charge is 2.39. The second-order valence-corrected chi connectivity index (χ2v) is 11.7. The molecule has 0 amide bonds. The second kappa shape index (κ2) is 9.19. The molecular weight excluding hydrogens is 477 g/mol. The number of benzene rings is 3. The zero-order chi connectivity index (χ0) is 24.5. The van der Waals surface area contributed by atoms with E-state index in [1.54, 1.807) is 24.3 Å². The van der Waals surface area contributed by atoms with Crippen LogP contribution in [0.1, 0.15) is 36.1 Å². The Labute approximate surface area is 199 Å². The number of halogens is 1. The summed E-state index contributed by atoms with van der Waals surface area (Å²) < 4.78 is 69.0. The van der Waals surface area contributed by atoms with Gasteiger partial charge in [-0.2, -0.15) is 17.9 Å². The number of sulfonamides is 2. The summed E-state index contributed by atoms with van der Waals surface area (Å²) in [4.78, 5) is -0.212. The zero-order valence-corrected chi connectivity index (χ0v) is 20.3. The monoisotopic (exact) mass is 501 g/mol. The van der Waals surface area contributed by atoms with Crippen LogP contribution in [0, 0.1) is 12.7 Å². The molecule has 0 saturated carbocycles. The minimum Gasteiger partial charge on any atom is -0.283 e. The Bertz CT molecular complexity index is 1470. The van der Waals surface area contributed by atoms with Crippen LogP contribution in [-0.4, -0.2) is 32.7 Å². The molecule has 0 spiro atoms. The molecule has 1 aliphatic rings. The van der Waals surface area contributed by atoms with Gasteiger partial charge in [-0.25, -0.2) is 12.8 Å². The van der Waals surface area contributed by atoms with Gasteiger partial charge in [0.05, 0.1) is 28.1 Å². The number of aryl methyl sites for hydroxylation is 1. The molecule has 0 saturated heterocycles. The molecule has 3 aromatic carbocycles. The standard InChI is InChI=1S/C24H24FN3O4S2/c1-3-33(29,30)27-22-14-7-6-13-21(22)23-16-24(20-12-5-4-9-17(20)2)28(26-23)34(31,32)19-11-8-10-18(25)15-19/h4-15,24,27H,3,16H2,1-2H3. The highest BCUT2D eigenvalue weighted by molar-refractivity contribution is 7.92. The topological polar surface area (TPSA) is 95.9 Å². The minimum atomic E-state index is -4.20. The molecule has 1 N–H and O–H groups in total. The van der Waals surface area contributed by atoms with E-state index < -0.39 is 31.9 Å². The van der Waals surface area contributed by atoms with Gasteiger partial charge in [-0.1, -0.05) is 48.5 Å². The zero-order valence-electron chi connectivity index (χ0n) is 18.6. The van der Waals surface area contributed by atoms with Crippen molar-refractivity contribution in [3.63, 3.8) is 0 Å². The quantitative estimate of drug-likeness (QED) is 0.518. The molecule has 0 bridgehead atoms. The summed E-state index contributed by atoms with van der Waals surface area (Å²) in [7, 11) is -7.77. The summed E-state index contributed by atoms with van der Waals surface area (Å²) in [6.45, 7) is 3.41. The fraction of sp³-hybridized carbons (Fsp3) is 0.208. The summed E-state index contributed by atoms with van der Waals surface area (Å²) in [5.41, 5.74) is 2.84. The van der Waals surface area contributed by atoms with Crippen molar-refractivity contribution < 1.29 is 21.2 Å². The van der Waals surface area contributed by atoms with E-state index in [2.05, 4.69) is 9.82 Å². The van der Waals surface area contributed by atoms with E-state index in [4.69, 9.17) is 0 Å². The maximum atomic E-state index is 13.9. The number of hydrogen-bond donors (Lipinski definition) is 1. The lowest BCUT2D eigenvalue weighted by Gasteiger charge is -2.24. The summed E-state index contributed by atoms with van der Waals surface area (Å²) in [6, 6.07) is 18.2. The van der Waals surface area contributed by atoms with Crippen LogP contribution < -0.4 is 4.72 Å². The number of nitrogens with zero attached hydrogens (tertiary/aromatic N) is 2. The number of nitrogens with one attached hydrogen (secondary N) is 1. The van der Waals surface area contributed by atoms with Gasteiger partial charge in [0.2, 0.25) is 10.0 Å². The molecule has 7 nitrogen and oxygen atoms in total. The lowest BCUT2D eigenvalue weighted by molar-refractivity contribution is 0.370. The van der Waals surface area contributed by atoms with E-state index in [1.807, 2.05) is 31.2 Å². The maximum Gasteiger partial charge on any atom is 0.279 e. The fourth-order valence-corrected chi connectivity index (χ4v) is 5.98. The van der Waals surface area contributed by atoms with Crippen LogP contribution >= 0.6 is 0 Å². The van der Waals surface area contributed by atoms with Gasteiger partial charge in [0.1, 0.15) is 5.82 Å². The summed E-state index contributed by atoms with van der Waals surface area (Å²) in [6.07, 6.45) is 0.213. The fourth-order valence-electron chi connectivity index (χ4n) is 3.86. The van der Waals surface area contributed by atoms with Crippen LogP contribution in [0.5, 0.6) is 0 Å². The summed E-state index contributed by atoms with van der Waals surface area (Å²) in [5, 5.41) is 4.46. The first-order valence-corrected chi connectivity index (χ1v) is 13.7. The molecule has 1 heterocycles. The van der Waals surface area contributed by atoms with E-state index in [1.165, 1.54) is 25.1 Å². The smallest absolute Gasteiger partial charge is 0.279 e. The highest BCUT2D eigenvalue weighted by Crippen LogP contribution is 2.39. The molecule has 1 aliphatic heterocycles. The van der Waals surface area contributed by atoms with Crippen molar-refractivity contribution in [1.82, 2.24) is 4.41 Å². The van der Waals surface area contributed by atoms with E-state index >= 15 is 0 Å². The van der Waals surface area contributed by atoms with Crippen molar-refractivity contribution in [2.24, 2.45) is 5.10 Å². The van der Waals surface area contributed by atoms with E-state index in [0.29, 0.717) is 17.0 Å². The van der Waals surface area contributed by atoms with Crippen LogP contribution in [0.25, 0.3) is 0 Å². The molecule has 0 aromatic heterocycles. The second-order valence-electron chi connectivity index (χ2n) is 7.91. The Kier molecular flexibility index (Phi) is 6.46. The molecule has 0 aliphatic carbocycles. The van der Waals surface area contributed by atoms with Crippen molar-refractivity contribution in [2.75, 3.05) is 10.5 Å². The van der Waals surface area contributed by atoms with Crippen LogP contribution in [0.2, 0.25) is 0 Å². The van der Waals surface area contributed by atoms with Crippen LogP contribution in [0.3, 0.4) is 0 Å². The average molecular weight is 502 g/mol. The molecule has 0 radical (unpaired) electrons. The van der Waals surface area contributed by atoms with Crippen molar-refractivity contribution in [1.29, 1.82) is 0 Å². The molecule has 34 heavy (non-hydrogen) atoms. The van der Waals surface area contributed by atoms with Crippen LogP contribution in [0.15, 0.2) is 82.8 Å². The third-order valence-electron chi connectivity index (χ3n) is 5.64. The van der Waals surface area contributed by atoms with Gasteiger partial charge in [-0.05, 0) is 49.2 Å². The molecule has 0 fully saturated rings. The molecule has 178 valence electrons.